The lowest BCUT2D eigenvalue weighted by molar-refractivity contribution is -0.141. The minimum atomic E-state index is -0.936. The van der Waals surface area contributed by atoms with Gasteiger partial charge in [0, 0.05) is 0 Å². The van der Waals surface area contributed by atoms with Crippen LogP contribution >= 0.6 is 22.7 Å². The Morgan fingerprint density at radius 2 is 1.67 bits per heavy atom. The first-order valence-electron chi connectivity index (χ1n) is 7.11. The number of carboxylic acid groups (broad SMARTS) is 1. The summed E-state index contributed by atoms with van der Waals surface area (Å²) in [6, 6.07) is 3.81. The first-order valence-corrected chi connectivity index (χ1v) is 8.74. The number of thiazole rings is 2. The Morgan fingerprint density at radius 3 is 2.21 bits per heavy atom. The average molecular weight is 366 g/mol. The van der Waals surface area contributed by atoms with Gasteiger partial charge in [0.2, 0.25) is 0 Å². The molecule has 0 saturated carbocycles. The Bertz CT molecular complexity index is 854. The number of nitrogens with zero attached hydrogens (tertiary/aromatic N) is 2. The van der Waals surface area contributed by atoms with Crippen molar-refractivity contribution in [3.8, 4) is 0 Å². The Kier molecular flexibility index (Phi) is 4.76. The van der Waals surface area contributed by atoms with Gasteiger partial charge in [-0.1, -0.05) is 22.7 Å². The molecule has 126 valence electrons. The molecule has 0 aliphatic heterocycles. The number of hydrogen-bond acceptors (Lipinski definition) is 9. The fourth-order valence-electron chi connectivity index (χ4n) is 2.01. The van der Waals surface area contributed by atoms with Crippen molar-refractivity contribution in [1.82, 2.24) is 9.97 Å². The van der Waals surface area contributed by atoms with E-state index in [9.17, 15) is 9.59 Å². The van der Waals surface area contributed by atoms with Crippen LogP contribution in [0.25, 0.3) is 20.4 Å². The molecule has 0 radical (unpaired) electrons. The second-order valence-electron chi connectivity index (χ2n) is 4.73. The number of aliphatic carboxylic acids is 1. The van der Waals surface area contributed by atoms with E-state index in [1.54, 1.807) is 6.92 Å². The van der Waals surface area contributed by atoms with Gasteiger partial charge in [-0.3, -0.25) is 9.59 Å². The van der Waals surface area contributed by atoms with Gasteiger partial charge < -0.3 is 20.5 Å². The minimum absolute atomic E-state index is 0.0730. The molecule has 0 aliphatic carbocycles. The van der Waals surface area contributed by atoms with E-state index in [-0.39, 0.29) is 19.1 Å². The van der Waals surface area contributed by atoms with E-state index in [0.29, 0.717) is 16.9 Å². The number of rotatable bonds is 7. The van der Waals surface area contributed by atoms with Crippen LogP contribution in [-0.4, -0.2) is 46.7 Å². The number of ether oxygens (including phenoxy) is 1. The number of benzene rings is 1. The van der Waals surface area contributed by atoms with E-state index >= 15 is 0 Å². The van der Waals surface area contributed by atoms with E-state index in [0.717, 1.165) is 20.4 Å². The maximum Gasteiger partial charge on any atom is 0.325 e. The van der Waals surface area contributed by atoms with Crippen LogP contribution in [0.4, 0.5) is 10.3 Å². The van der Waals surface area contributed by atoms with Gasteiger partial charge in [-0.25, -0.2) is 9.97 Å². The zero-order valence-electron chi connectivity index (χ0n) is 12.7. The number of hydrogen-bond donors (Lipinski definition) is 3. The molecule has 10 heteroatoms. The molecule has 8 nitrogen and oxygen atoms in total. The van der Waals surface area contributed by atoms with Gasteiger partial charge in [-0.05, 0) is 19.1 Å². The Morgan fingerprint density at radius 1 is 1.08 bits per heavy atom. The van der Waals surface area contributed by atoms with Crippen molar-refractivity contribution in [3.05, 3.63) is 12.1 Å². The predicted molar refractivity (Wildman–Crippen MR) is 94.0 cm³/mol. The molecule has 3 N–H and O–H groups in total. The SMILES string of the molecule is CCOC(=O)CNc1nc2cc3nc(NCC(=O)O)sc3cc2s1. The van der Waals surface area contributed by atoms with Gasteiger partial charge in [-0.15, -0.1) is 0 Å². The number of esters is 1. The summed E-state index contributed by atoms with van der Waals surface area (Å²) in [4.78, 5) is 30.7. The van der Waals surface area contributed by atoms with Gasteiger partial charge in [0.1, 0.15) is 13.1 Å². The van der Waals surface area contributed by atoms with Crippen molar-refractivity contribution in [3.63, 3.8) is 0 Å². The van der Waals surface area contributed by atoms with E-state index in [1.165, 1.54) is 22.7 Å². The molecule has 0 fully saturated rings. The number of aromatic nitrogens is 2. The third-order valence-corrected chi connectivity index (χ3v) is 4.93. The molecule has 0 bridgehead atoms. The maximum absolute atomic E-state index is 11.4. The number of carbonyl (C=O) groups is 2. The largest absolute Gasteiger partial charge is 0.480 e. The molecule has 24 heavy (non-hydrogen) atoms. The van der Waals surface area contributed by atoms with Crippen LogP contribution < -0.4 is 10.6 Å². The van der Waals surface area contributed by atoms with Crippen molar-refractivity contribution in [1.29, 1.82) is 0 Å². The highest BCUT2D eigenvalue weighted by atomic mass is 32.1. The van der Waals surface area contributed by atoms with Gasteiger partial charge in [0.05, 0.1) is 27.0 Å². The fourth-order valence-corrected chi connectivity index (χ4v) is 3.85. The standard InChI is InChI=1S/C14H14N4O4S2/c1-2-22-12(21)6-16-14-18-8-3-7-9(4-10(8)24-14)23-13(17-7)15-5-11(19)20/h3-4H,2,5-6H2,1H3,(H,15,17)(H,16,18)(H,19,20). The average Bonchev–Trinajstić information content (AvgIpc) is 3.10. The Labute approximate surface area is 144 Å². The topological polar surface area (TPSA) is 113 Å². The number of carboxylic acids is 1. The van der Waals surface area contributed by atoms with Gasteiger partial charge in [0.15, 0.2) is 10.3 Å². The summed E-state index contributed by atoms with van der Waals surface area (Å²) >= 11 is 2.82. The Hall–Kier alpha value is -2.46. The molecule has 0 amide bonds. The Balaban J connectivity index is 1.78. The van der Waals surface area contributed by atoms with Crippen LogP contribution in [0.15, 0.2) is 12.1 Å². The highest BCUT2D eigenvalue weighted by molar-refractivity contribution is 7.24. The van der Waals surface area contributed by atoms with E-state index in [1.807, 2.05) is 12.1 Å². The molecule has 0 spiro atoms. The van der Waals surface area contributed by atoms with Crippen LogP contribution in [0.3, 0.4) is 0 Å². The molecule has 3 rings (SSSR count). The van der Waals surface area contributed by atoms with Crippen LogP contribution in [0, 0.1) is 0 Å². The van der Waals surface area contributed by atoms with E-state index in [4.69, 9.17) is 9.84 Å². The first kappa shape index (κ1) is 16.4. The first-order chi connectivity index (χ1) is 11.5. The van der Waals surface area contributed by atoms with Crippen molar-refractivity contribution < 1.29 is 19.4 Å². The minimum Gasteiger partial charge on any atom is -0.480 e. The summed E-state index contributed by atoms with van der Waals surface area (Å²) in [6.45, 7) is 2.01. The van der Waals surface area contributed by atoms with Crippen LogP contribution in [-0.2, 0) is 14.3 Å². The summed E-state index contributed by atoms with van der Waals surface area (Å²) in [6.07, 6.45) is 0. The summed E-state index contributed by atoms with van der Waals surface area (Å²) in [7, 11) is 0. The third-order valence-electron chi connectivity index (χ3n) is 2.98. The lowest BCUT2D eigenvalue weighted by Crippen LogP contribution is -2.16. The highest BCUT2D eigenvalue weighted by Gasteiger charge is 2.11. The second kappa shape index (κ2) is 6.97. The van der Waals surface area contributed by atoms with Crippen LogP contribution in [0.1, 0.15) is 6.92 Å². The lowest BCUT2D eigenvalue weighted by atomic mass is 10.3. The third kappa shape index (κ3) is 3.71. The van der Waals surface area contributed by atoms with E-state index in [2.05, 4.69) is 20.6 Å². The molecular formula is C14H14N4O4S2. The number of carbonyl (C=O) groups excluding carboxylic acids is 1. The van der Waals surface area contributed by atoms with Crippen LogP contribution in [0.2, 0.25) is 0 Å². The van der Waals surface area contributed by atoms with E-state index < -0.39 is 5.97 Å². The maximum atomic E-state index is 11.4. The fraction of sp³-hybridized carbons (Fsp3) is 0.286. The number of fused-ring (bicyclic) bond motifs is 2. The number of anilines is 2. The molecule has 2 aromatic heterocycles. The zero-order valence-corrected chi connectivity index (χ0v) is 14.3. The predicted octanol–water partition coefficient (Wildman–Crippen LogP) is 2.38. The van der Waals surface area contributed by atoms with Crippen molar-refractivity contribution in [2.45, 2.75) is 6.92 Å². The molecule has 0 aliphatic rings. The second-order valence-corrected chi connectivity index (χ2v) is 6.79. The molecule has 1 aromatic carbocycles. The van der Waals surface area contributed by atoms with Crippen molar-refractivity contribution in [2.75, 3.05) is 30.3 Å². The summed E-state index contributed by atoms with van der Waals surface area (Å²) in [5.41, 5.74) is 1.52. The normalized spacial score (nSPS) is 10.9. The molecule has 0 saturated heterocycles. The monoisotopic (exact) mass is 366 g/mol. The molecule has 0 atom stereocenters. The zero-order chi connectivity index (χ0) is 17.1. The molecule has 3 aromatic rings. The number of nitrogens with one attached hydrogen (secondary N) is 2. The van der Waals surface area contributed by atoms with Crippen LogP contribution in [0.5, 0.6) is 0 Å². The smallest absolute Gasteiger partial charge is 0.325 e. The van der Waals surface area contributed by atoms with Crippen molar-refractivity contribution in [2.24, 2.45) is 0 Å². The lowest BCUT2D eigenvalue weighted by Gasteiger charge is -2.01. The summed E-state index contributed by atoms with van der Waals surface area (Å²) in [5, 5.41) is 15.6. The summed E-state index contributed by atoms with van der Waals surface area (Å²) < 4.78 is 6.76. The van der Waals surface area contributed by atoms with Gasteiger partial charge in [-0.2, -0.15) is 0 Å². The van der Waals surface area contributed by atoms with Gasteiger partial charge >= 0.3 is 11.9 Å². The summed E-state index contributed by atoms with van der Waals surface area (Å²) in [5.74, 6) is -1.26. The quantitative estimate of drug-likeness (QED) is 0.546. The molecule has 2 heterocycles. The highest BCUT2D eigenvalue weighted by Crippen LogP contribution is 2.33. The molecule has 0 unspecified atom stereocenters. The molecular weight excluding hydrogens is 352 g/mol. The van der Waals surface area contributed by atoms with Gasteiger partial charge in [0.25, 0.3) is 0 Å². The van der Waals surface area contributed by atoms with Crippen molar-refractivity contribution >= 4 is 65.3 Å².